The van der Waals surface area contributed by atoms with Gasteiger partial charge >= 0.3 is 5.97 Å². The number of esters is 1. The van der Waals surface area contributed by atoms with Crippen molar-refractivity contribution in [2.45, 2.75) is 18.4 Å². The molecule has 0 fully saturated rings. The van der Waals surface area contributed by atoms with E-state index in [4.69, 9.17) is 21.1 Å². The second kappa shape index (κ2) is 11.1. The van der Waals surface area contributed by atoms with Crippen LogP contribution in [0, 0.1) is 6.92 Å². The molecule has 0 spiro atoms. The molecule has 1 N–H and O–H groups in total. The molecule has 2 aromatic carbocycles. The standard InChI is InChI=1S/C23H23ClN2O4S/c1-15-7-8-16-12-17(22(24)26-19(16)11-15)13-30-23(28)18-5-3-4-6-20(18)31-14-21(27)25-9-10-29-2/h3-8,11-12H,9-10,13-14H2,1-2H3,(H,25,27). The van der Waals surface area contributed by atoms with Crippen LogP contribution in [0.1, 0.15) is 21.5 Å². The van der Waals surface area contributed by atoms with E-state index in [1.165, 1.54) is 11.8 Å². The van der Waals surface area contributed by atoms with Crippen LogP contribution < -0.4 is 5.32 Å². The zero-order valence-corrected chi connectivity index (χ0v) is 18.9. The number of amides is 1. The Morgan fingerprint density at radius 2 is 1.97 bits per heavy atom. The Morgan fingerprint density at radius 1 is 1.16 bits per heavy atom. The Morgan fingerprint density at radius 3 is 2.77 bits per heavy atom. The Hall–Kier alpha value is -2.61. The second-order valence-corrected chi connectivity index (χ2v) is 8.21. The van der Waals surface area contributed by atoms with Crippen molar-refractivity contribution in [2.24, 2.45) is 0 Å². The minimum absolute atomic E-state index is 0.00495. The lowest BCUT2D eigenvalue weighted by Gasteiger charge is -2.11. The highest BCUT2D eigenvalue weighted by atomic mass is 35.5. The van der Waals surface area contributed by atoms with E-state index >= 15 is 0 Å². The quantitative estimate of drug-likeness (QED) is 0.221. The predicted octanol–water partition coefficient (Wildman–Crippen LogP) is 4.41. The van der Waals surface area contributed by atoms with Crippen molar-refractivity contribution in [3.63, 3.8) is 0 Å². The number of nitrogens with zero attached hydrogens (tertiary/aromatic N) is 1. The van der Waals surface area contributed by atoms with Crippen molar-refractivity contribution in [1.82, 2.24) is 10.3 Å². The summed E-state index contributed by atoms with van der Waals surface area (Å²) in [5.41, 5.74) is 2.93. The van der Waals surface area contributed by atoms with Gasteiger partial charge in [0.1, 0.15) is 11.8 Å². The largest absolute Gasteiger partial charge is 0.457 e. The summed E-state index contributed by atoms with van der Waals surface area (Å²) < 4.78 is 10.4. The zero-order chi connectivity index (χ0) is 22.2. The highest BCUT2D eigenvalue weighted by Crippen LogP contribution is 2.25. The fraction of sp³-hybridized carbons (Fsp3) is 0.261. The molecule has 0 saturated carbocycles. The summed E-state index contributed by atoms with van der Waals surface area (Å²) >= 11 is 7.57. The van der Waals surface area contributed by atoms with Crippen LogP contribution in [0.5, 0.6) is 0 Å². The monoisotopic (exact) mass is 458 g/mol. The zero-order valence-electron chi connectivity index (χ0n) is 17.3. The highest BCUT2D eigenvalue weighted by molar-refractivity contribution is 8.00. The van der Waals surface area contributed by atoms with Gasteiger partial charge in [0, 0.05) is 29.5 Å². The van der Waals surface area contributed by atoms with E-state index in [1.807, 2.05) is 37.3 Å². The summed E-state index contributed by atoms with van der Waals surface area (Å²) in [6.07, 6.45) is 0. The third kappa shape index (κ3) is 6.43. The normalized spacial score (nSPS) is 10.8. The van der Waals surface area contributed by atoms with Gasteiger partial charge in [0.2, 0.25) is 5.91 Å². The summed E-state index contributed by atoms with van der Waals surface area (Å²) in [5, 5.41) is 3.98. The number of nitrogens with one attached hydrogen (secondary N) is 1. The lowest BCUT2D eigenvalue weighted by molar-refractivity contribution is -0.118. The molecule has 31 heavy (non-hydrogen) atoms. The lowest BCUT2D eigenvalue weighted by Crippen LogP contribution is -2.28. The Bertz CT molecular complexity index is 1090. The second-order valence-electron chi connectivity index (χ2n) is 6.84. The van der Waals surface area contributed by atoms with Crippen LogP contribution in [-0.4, -0.2) is 42.9 Å². The first-order valence-electron chi connectivity index (χ1n) is 9.68. The van der Waals surface area contributed by atoms with E-state index in [2.05, 4.69) is 10.3 Å². The van der Waals surface area contributed by atoms with Gasteiger partial charge in [0.05, 0.1) is 23.4 Å². The Balaban J connectivity index is 1.64. The van der Waals surface area contributed by atoms with Crippen molar-refractivity contribution < 1.29 is 19.1 Å². The van der Waals surface area contributed by atoms with E-state index in [1.54, 1.807) is 25.3 Å². The molecule has 0 radical (unpaired) electrons. The van der Waals surface area contributed by atoms with Crippen molar-refractivity contribution in [3.8, 4) is 0 Å². The minimum atomic E-state index is -0.483. The number of rotatable bonds is 9. The van der Waals surface area contributed by atoms with Crippen molar-refractivity contribution in [2.75, 3.05) is 26.0 Å². The maximum atomic E-state index is 12.7. The number of carbonyl (C=O) groups excluding carboxylic acids is 2. The molecule has 0 aliphatic rings. The average Bonchev–Trinajstić information content (AvgIpc) is 2.76. The molecule has 0 saturated heterocycles. The highest BCUT2D eigenvalue weighted by Gasteiger charge is 2.15. The summed E-state index contributed by atoms with van der Waals surface area (Å²) in [7, 11) is 1.57. The first-order valence-corrected chi connectivity index (χ1v) is 11.0. The molecule has 0 atom stereocenters. The molecule has 8 heteroatoms. The van der Waals surface area contributed by atoms with Gasteiger partial charge in [-0.05, 0) is 36.8 Å². The molecule has 0 aliphatic carbocycles. The number of ether oxygens (including phenoxy) is 2. The number of hydrogen-bond acceptors (Lipinski definition) is 6. The van der Waals surface area contributed by atoms with Crippen LogP contribution in [0.25, 0.3) is 10.9 Å². The molecule has 3 aromatic rings. The van der Waals surface area contributed by atoms with Crippen LogP contribution in [0.15, 0.2) is 53.4 Å². The molecule has 6 nitrogen and oxygen atoms in total. The van der Waals surface area contributed by atoms with Gasteiger partial charge in [0.15, 0.2) is 0 Å². The predicted molar refractivity (Wildman–Crippen MR) is 123 cm³/mol. The van der Waals surface area contributed by atoms with Gasteiger partial charge in [-0.15, -0.1) is 11.8 Å². The number of methoxy groups -OCH3 is 1. The minimum Gasteiger partial charge on any atom is -0.457 e. The van der Waals surface area contributed by atoms with Crippen LogP contribution >= 0.6 is 23.4 Å². The number of hydrogen-bond donors (Lipinski definition) is 1. The number of aryl methyl sites for hydroxylation is 1. The number of carbonyl (C=O) groups is 2. The van der Waals surface area contributed by atoms with Gasteiger partial charge < -0.3 is 14.8 Å². The molecule has 3 rings (SSSR count). The van der Waals surface area contributed by atoms with Crippen LogP contribution in [-0.2, 0) is 20.9 Å². The van der Waals surface area contributed by atoms with Gasteiger partial charge in [0.25, 0.3) is 0 Å². The number of halogens is 1. The summed E-state index contributed by atoms with van der Waals surface area (Å²) in [6.45, 7) is 2.89. The summed E-state index contributed by atoms with van der Waals surface area (Å²) in [6, 6.07) is 14.8. The van der Waals surface area contributed by atoms with E-state index in [-0.39, 0.29) is 18.3 Å². The topological polar surface area (TPSA) is 77.5 Å². The lowest BCUT2D eigenvalue weighted by atomic mass is 10.1. The molecule has 1 heterocycles. The molecule has 162 valence electrons. The smallest absolute Gasteiger partial charge is 0.339 e. The molecule has 1 aromatic heterocycles. The van der Waals surface area contributed by atoms with Crippen LogP contribution in [0.3, 0.4) is 0 Å². The van der Waals surface area contributed by atoms with Crippen molar-refractivity contribution in [3.05, 3.63) is 70.4 Å². The summed E-state index contributed by atoms with van der Waals surface area (Å²) in [5.74, 6) is -0.425. The van der Waals surface area contributed by atoms with E-state index in [0.717, 1.165) is 16.5 Å². The number of benzene rings is 2. The van der Waals surface area contributed by atoms with Gasteiger partial charge in [-0.1, -0.05) is 35.9 Å². The molecule has 0 unspecified atom stereocenters. The van der Waals surface area contributed by atoms with Crippen LogP contribution in [0.4, 0.5) is 0 Å². The molecular weight excluding hydrogens is 436 g/mol. The van der Waals surface area contributed by atoms with Crippen molar-refractivity contribution in [1.29, 1.82) is 0 Å². The van der Waals surface area contributed by atoms with E-state index < -0.39 is 5.97 Å². The fourth-order valence-corrected chi connectivity index (χ4v) is 3.94. The SMILES string of the molecule is COCCNC(=O)CSc1ccccc1C(=O)OCc1cc2ccc(C)cc2nc1Cl. The maximum Gasteiger partial charge on any atom is 0.339 e. The number of fused-ring (bicyclic) bond motifs is 1. The first-order chi connectivity index (χ1) is 15.0. The van der Waals surface area contributed by atoms with Gasteiger partial charge in [-0.3, -0.25) is 4.79 Å². The van der Waals surface area contributed by atoms with Gasteiger partial charge in [-0.2, -0.15) is 0 Å². The molecule has 0 bridgehead atoms. The Labute approximate surface area is 190 Å². The molecule has 0 aliphatic heterocycles. The first kappa shape index (κ1) is 23.1. The third-order valence-corrected chi connectivity index (χ3v) is 5.85. The van der Waals surface area contributed by atoms with Crippen LogP contribution in [0.2, 0.25) is 5.15 Å². The summed E-state index contributed by atoms with van der Waals surface area (Å²) in [4.78, 5) is 29.7. The maximum absolute atomic E-state index is 12.7. The Kier molecular flexibility index (Phi) is 8.28. The molecule has 1 amide bonds. The number of thioether (sulfide) groups is 1. The fourth-order valence-electron chi connectivity index (χ4n) is 2.87. The van der Waals surface area contributed by atoms with Gasteiger partial charge in [-0.25, -0.2) is 9.78 Å². The van der Waals surface area contributed by atoms with Crippen molar-refractivity contribution >= 4 is 46.1 Å². The number of pyridine rings is 1. The average molecular weight is 459 g/mol. The van der Waals surface area contributed by atoms with E-state index in [0.29, 0.717) is 34.3 Å². The third-order valence-electron chi connectivity index (χ3n) is 4.45. The number of aromatic nitrogens is 1. The van der Waals surface area contributed by atoms with E-state index in [9.17, 15) is 9.59 Å². The molecular formula is C23H23ClN2O4S.